The van der Waals surface area contributed by atoms with Crippen molar-refractivity contribution < 1.29 is 4.79 Å². The lowest BCUT2D eigenvalue weighted by Crippen LogP contribution is -1.95. The van der Waals surface area contributed by atoms with Gasteiger partial charge < -0.3 is 4.57 Å². The van der Waals surface area contributed by atoms with Gasteiger partial charge in [0.2, 0.25) is 0 Å². The van der Waals surface area contributed by atoms with Gasteiger partial charge in [-0.3, -0.25) is 9.78 Å². The van der Waals surface area contributed by atoms with Crippen LogP contribution in [0.2, 0.25) is 5.02 Å². The van der Waals surface area contributed by atoms with E-state index in [1.165, 1.54) is 0 Å². The predicted molar refractivity (Wildman–Crippen MR) is 73.6 cm³/mol. The summed E-state index contributed by atoms with van der Waals surface area (Å²) in [6.45, 7) is 0.704. The van der Waals surface area contributed by atoms with Gasteiger partial charge in [0.15, 0.2) is 6.29 Å². The number of hydrogen-bond donors (Lipinski definition) is 0. The average molecular weight is 277 g/mol. The molecule has 18 heavy (non-hydrogen) atoms. The molecule has 0 fully saturated rings. The molecule has 0 atom stereocenters. The van der Waals surface area contributed by atoms with E-state index in [2.05, 4.69) is 4.98 Å². The van der Waals surface area contributed by atoms with Crippen LogP contribution in [0.3, 0.4) is 0 Å². The number of halogens is 1. The Morgan fingerprint density at radius 3 is 3.06 bits per heavy atom. The summed E-state index contributed by atoms with van der Waals surface area (Å²) in [6.07, 6.45) is 4.56. The van der Waals surface area contributed by atoms with Crippen LogP contribution in [0.15, 0.2) is 36.1 Å². The summed E-state index contributed by atoms with van der Waals surface area (Å²) >= 11 is 7.61. The molecule has 0 N–H and O–H groups in total. The first-order valence-electron chi connectivity index (χ1n) is 5.39. The lowest BCUT2D eigenvalue weighted by atomic mass is 10.2. The standard InChI is InChI=1S/C13H9ClN2OS/c14-10-1-2-12-9(7-17)5-16(13(12)3-10)6-11-4-15-8-18-11/h1-5,7-8H,6H2. The van der Waals surface area contributed by atoms with Crippen LogP contribution in [0.1, 0.15) is 15.2 Å². The van der Waals surface area contributed by atoms with Gasteiger partial charge in [0, 0.05) is 33.2 Å². The summed E-state index contributed by atoms with van der Waals surface area (Å²) in [5.74, 6) is 0. The minimum Gasteiger partial charge on any atom is -0.341 e. The van der Waals surface area contributed by atoms with Crippen LogP contribution in [0, 0.1) is 0 Å². The van der Waals surface area contributed by atoms with Crippen molar-refractivity contribution in [3.63, 3.8) is 0 Å². The third kappa shape index (κ3) is 1.94. The molecule has 2 heterocycles. The summed E-state index contributed by atoms with van der Waals surface area (Å²) < 4.78 is 2.03. The van der Waals surface area contributed by atoms with Crippen LogP contribution in [0.5, 0.6) is 0 Å². The van der Waals surface area contributed by atoms with Crippen molar-refractivity contribution in [3.8, 4) is 0 Å². The fourth-order valence-corrected chi connectivity index (χ4v) is 2.77. The van der Waals surface area contributed by atoms with Crippen LogP contribution in [-0.4, -0.2) is 15.8 Å². The quantitative estimate of drug-likeness (QED) is 0.685. The molecule has 0 saturated carbocycles. The van der Waals surface area contributed by atoms with Crippen molar-refractivity contribution in [3.05, 3.63) is 51.6 Å². The van der Waals surface area contributed by atoms with Crippen LogP contribution < -0.4 is 0 Å². The van der Waals surface area contributed by atoms with Crippen LogP contribution in [-0.2, 0) is 6.54 Å². The third-order valence-electron chi connectivity index (χ3n) is 2.81. The van der Waals surface area contributed by atoms with E-state index in [1.807, 2.05) is 29.1 Å². The molecule has 0 radical (unpaired) electrons. The molecule has 3 aromatic rings. The Bertz CT molecular complexity index is 703. The first kappa shape index (κ1) is 11.4. The molecular formula is C13H9ClN2OS. The largest absolute Gasteiger partial charge is 0.341 e. The van der Waals surface area contributed by atoms with E-state index in [-0.39, 0.29) is 0 Å². The molecule has 0 aliphatic carbocycles. The SMILES string of the molecule is O=Cc1cn(Cc2cncs2)c2cc(Cl)ccc12. The van der Waals surface area contributed by atoms with Crippen molar-refractivity contribution in [2.75, 3.05) is 0 Å². The van der Waals surface area contributed by atoms with E-state index >= 15 is 0 Å². The Kier molecular flexibility index (Phi) is 2.89. The van der Waals surface area contributed by atoms with Gasteiger partial charge in [-0.1, -0.05) is 17.7 Å². The Morgan fingerprint density at radius 1 is 1.44 bits per heavy atom. The molecule has 3 rings (SSSR count). The second-order valence-corrected chi connectivity index (χ2v) is 5.37. The van der Waals surface area contributed by atoms with Crippen molar-refractivity contribution >= 4 is 40.1 Å². The van der Waals surface area contributed by atoms with Crippen molar-refractivity contribution in [1.82, 2.24) is 9.55 Å². The lowest BCUT2D eigenvalue weighted by molar-refractivity contribution is 0.112. The maximum Gasteiger partial charge on any atom is 0.152 e. The number of fused-ring (bicyclic) bond motifs is 1. The van der Waals surface area contributed by atoms with Gasteiger partial charge in [-0.25, -0.2) is 0 Å². The van der Waals surface area contributed by atoms with Gasteiger partial charge >= 0.3 is 0 Å². The molecule has 0 saturated heterocycles. The zero-order chi connectivity index (χ0) is 12.5. The van der Waals surface area contributed by atoms with Crippen LogP contribution in [0.4, 0.5) is 0 Å². The van der Waals surface area contributed by atoms with Crippen LogP contribution in [0.25, 0.3) is 10.9 Å². The molecule has 0 aliphatic rings. The molecule has 1 aromatic carbocycles. The Hall–Kier alpha value is -1.65. The number of carbonyl (C=O) groups excluding carboxylic acids is 1. The first-order valence-corrected chi connectivity index (χ1v) is 6.64. The van der Waals surface area contributed by atoms with Gasteiger partial charge in [-0.15, -0.1) is 11.3 Å². The van der Waals surface area contributed by atoms with E-state index in [1.54, 1.807) is 22.9 Å². The number of carbonyl (C=O) groups is 1. The molecule has 0 amide bonds. The van der Waals surface area contributed by atoms with Gasteiger partial charge in [-0.2, -0.15) is 0 Å². The highest BCUT2D eigenvalue weighted by Crippen LogP contribution is 2.25. The summed E-state index contributed by atoms with van der Waals surface area (Å²) in [7, 11) is 0. The second kappa shape index (κ2) is 4.55. The van der Waals surface area contributed by atoms with Gasteiger partial charge in [0.05, 0.1) is 17.6 Å². The smallest absolute Gasteiger partial charge is 0.152 e. The van der Waals surface area contributed by atoms with Crippen molar-refractivity contribution in [1.29, 1.82) is 0 Å². The molecule has 3 nitrogen and oxygen atoms in total. The van der Waals surface area contributed by atoms with Crippen molar-refractivity contribution in [2.45, 2.75) is 6.54 Å². The Labute approximate surface area is 113 Å². The predicted octanol–water partition coefficient (Wildman–Crippen LogP) is 3.61. The molecule has 5 heteroatoms. The number of nitrogens with zero attached hydrogens (tertiary/aromatic N) is 2. The van der Waals surface area contributed by atoms with E-state index in [4.69, 9.17) is 11.6 Å². The molecule has 0 unspecified atom stereocenters. The number of aldehydes is 1. The monoisotopic (exact) mass is 276 g/mol. The fraction of sp³-hybridized carbons (Fsp3) is 0.0769. The molecule has 90 valence electrons. The van der Waals surface area contributed by atoms with Gasteiger partial charge in [0.25, 0.3) is 0 Å². The molecule has 0 spiro atoms. The van der Waals surface area contributed by atoms with Gasteiger partial charge in [0.1, 0.15) is 0 Å². The first-order chi connectivity index (χ1) is 8.78. The number of hydrogen-bond acceptors (Lipinski definition) is 3. The number of rotatable bonds is 3. The number of benzene rings is 1. The normalized spacial score (nSPS) is 10.9. The van der Waals surface area contributed by atoms with E-state index in [0.717, 1.165) is 22.1 Å². The molecule has 0 aliphatic heterocycles. The minimum atomic E-state index is 0.670. The highest BCUT2D eigenvalue weighted by molar-refractivity contribution is 7.09. The van der Waals surface area contributed by atoms with Gasteiger partial charge in [-0.05, 0) is 12.1 Å². The van der Waals surface area contributed by atoms with Crippen LogP contribution >= 0.6 is 22.9 Å². The van der Waals surface area contributed by atoms with E-state index < -0.39 is 0 Å². The van der Waals surface area contributed by atoms with Crippen molar-refractivity contribution in [2.24, 2.45) is 0 Å². The molecule has 2 aromatic heterocycles. The third-order valence-corrected chi connectivity index (χ3v) is 3.81. The maximum absolute atomic E-state index is 11.1. The van der Waals surface area contributed by atoms with E-state index in [9.17, 15) is 4.79 Å². The lowest BCUT2D eigenvalue weighted by Gasteiger charge is -2.02. The highest BCUT2D eigenvalue weighted by Gasteiger charge is 2.09. The average Bonchev–Trinajstić information content (AvgIpc) is 2.98. The Balaban J connectivity index is 2.16. The minimum absolute atomic E-state index is 0.670. The topological polar surface area (TPSA) is 34.9 Å². The summed E-state index contributed by atoms with van der Waals surface area (Å²) in [6, 6.07) is 5.56. The zero-order valence-corrected chi connectivity index (χ0v) is 10.9. The summed E-state index contributed by atoms with van der Waals surface area (Å²) in [5.41, 5.74) is 3.46. The fourth-order valence-electron chi connectivity index (χ4n) is 2.01. The zero-order valence-electron chi connectivity index (χ0n) is 9.34. The second-order valence-electron chi connectivity index (χ2n) is 3.96. The molecule has 0 bridgehead atoms. The molecular weight excluding hydrogens is 268 g/mol. The Morgan fingerprint density at radius 2 is 2.33 bits per heavy atom. The maximum atomic E-state index is 11.1. The highest BCUT2D eigenvalue weighted by atomic mass is 35.5. The van der Waals surface area contributed by atoms with E-state index in [0.29, 0.717) is 17.1 Å². The summed E-state index contributed by atoms with van der Waals surface area (Å²) in [4.78, 5) is 16.3. The number of thiazole rings is 1. The number of aromatic nitrogens is 2. The summed E-state index contributed by atoms with van der Waals surface area (Å²) in [5, 5.41) is 1.60.